The summed E-state index contributed by atoms with van der Waals surface area (Å²) in [6.07, 6.45) is 0. The molecule has 2 heterocycles. The van der Waals surface area contributed by atoms with Crippen molar-refractivity contribution < 1.29 is 0 Å². The molecule has 0 aliphatic heterocycles. The number of rotatable bonds is 14. The molecule has 0 amide bonds. The monoisotopic (exact) mass is 1580 g/mol. The molecule has 22 aromatic carbocycles. The standard InChI is InChI=1S/2C60H40N2/c1-3-19-42(20-4-1)59-51-27-9-11-29-53(51)60(54-30-12-10-28-52(54)59)43-34-36-45(37-35-43)61(56-32-15-13-25-49(56)48-31-17-21-41-18-7-8-24-47(41)48)46-38-39-58-55(40-46)50-26-14-16-33-57(50)62(58)44-22-5-2-6-23-44;1-3-18-42(19-4-1)59-52-27-9-11-29-54(52)60(55-30-12-10-28-53(55)59)43-33-35-46(36-34-43)61(47-24-15-21-44(39-47)50-31-16-20-41-17-7-8-25-49(41)50)48-37-38-58-56(40-48)51-26-13-14-32-57(51)62(58)45-22-5-2-6-23-45/h2*1-40H. The smallest absolute Gasteiger partial charge is 0.0542 e. The van der Waals surface area contributed by atoms with Crippen LogP contribution in [-0.4, -0.2) is 9.13 Å². The number of benzene rings is 22. The van der Waals surface area contributed by atoms with Crippen molar-refractivity contribution in [3.8, 4) is 78.1 Å². The molecule has 124 heavy (non-hydrogen) atoms. The van der Waals surface area contributed by atoms with E-state index in [2.05, 4.69) is 504 Å². The van der Waals surface area contributed by atoms with Gasteiger partial charge >= 0.3 is 0 Å². The SMILES string of the molecule is c1ccc(-c2c3ccccc3c(-c3ccc(N(c4ccc5c(c4)c4ccccc4n5-c4ccccc4)c4ccccc4-c4cccc5ccccc45)cc3)c3ccccc23)cc1.c1ccc(-c2c3ccccc3c(-c3ccc(N(c4cccc(-c5cccc6ccccc56)c4)c4ccc5c(c4)c4ccccc4n5-c4ccccc4)cc3)c3ccccc23)cc1. The lowest BCUT2D eigenvalue weighted by atomic mass is 9.86. The Morgan fingerprint density at radius 2 is 0.427 bits per heavy atom. The Labute approximate surface area is 719 Å². The molecule has 0 fully saturated rings. The molecule has 0 radical (unpaired) electrons. The predicted molar refractivity (Wildman–Crippen MR) is 529 cm³/mol. The summed E-state index contributed by atoms with van der Waals surface area (Å²) in [5.41, 5.74) is 28.3. The fraction of sp³-hybridized carbons (Fsp3) is 0. The molecule has 0 bridgehead atoms. The zero-order chi connectivity index (χ0) is 82.0. The predicted octanol–water partition coefficient (Wildman–Crippen LogP) is 33.4. The lowest BCUT2D eigenvalue weighted by Gasteiger charge is -2.28. The molecule has 24 aromatic rings. The van der Waals surface area contributed by atoms with Crippen LogP contribution < -0.4 is 9.80 Å². The zero-order valence-corrected chi connectivity index (χ0v) is 68.0. The largest absolute Gasteiger partial charge is 0.310 e. The third kappa shape index (κ3) is 12.6. The lowest BCUT2D eigenvalue weighted by Crippen LogP contribution is -2.11. The number of fused-ring (bicyclic) bond motifs is 12. The van der Waals surface area contributed by atoms with Crippen molar-refractivity contribution >= 4 is 142 Å². The third-order valence-corrected chi connectivity index (χ3v) is 25.1. The second-order valence-electron chi connectivity index (χ2n) is 32.1. The highest BCUT2D eigenvalue weighted by Gasteiger charge is 2.26. The van der Waals surface area contributed by atoms with E-state index in [0.717, 1.165) is 45.5 Å². The number of aromatic nitrogens is 2. The summed E-state index contributed by atoms with van der Waals surface area (Å²) < 4.78 is 4.77. The van der Waals surface area contributed by atoms with Crippen molar-refractivity contribution in [2.24, 2.45) is 0 Å². The van der Waals surface area contributed by atoms with Crippen LogP contribution in [0.2, 0.25) is 0 Å². The van der Waals surface area contributed by atoms with E-state index in [-0.39, 0.29) is 0 Å². The van der Waals surface area contributed by atoms with Crippen molar-refractivity contribution in [3.05, 3.63) is 485 Å². The quantitative estimate of drug-likeness (QED) is 0.101. The van der Waals surface area contributed by atoms with Crippen LogP contribution in [0.3, 0.4) is 0 Å². The van der Waals surface area contributed by atoms with Crippen LogP contribution in [0.25, 0.3) is 186 Å². The van der Waals surface area contributed by atoms with E-state index >= 15 is 0 Å². The van der Waals surface area contributed by atoms with E-state index in [0.29, 0.717) is 0 Å². The lowest BCUT2D eigenvalue weighted by molar-refractivity contribution is 1.18. The Hall–Kier alpha value is -16.4. The van der Waals surface area contributed by atoms with Crippen LogP contribution in [0.4, 0.5) is 34.1 Å². The van der Waals surface area contributed by atoms with Crippen molar-refractivity contribution in [1.82, 2.24) is 9.13 Å². The third-order valence-electron chi connectivity index (χ3n) is 25.1. The van der Waals surface area contributed by atoms with E-state index in [9.17, 15) is 0 Å². The normalized spacial score (nSPS) is 11.5. The van der Waals surface area contributed by atoms with Gasteiger partial charge < -0.3 is 18.9 Å². The van der Waals surface area contributed by atoms with Gasteiger partial charge in [0.1, 0.15) is 0 Å². The molecule has 0 unspecified atom stereocenters. The highest BCUT2D eigenvalue weighted by molar-refractivity contribution is 6.24. The first-order chi connectivity index (χ1) is 61.6. The van der Waals surface area contributed by atoms with Crippen LogP contribution >= 0.6 is 0 Å². The van der Waals surface area contributed by atoms with E-state index in [4.69, 9.17) is 0 Å². The number of anilines is 6. The maximum Gasteiger partial charge on any atom is 0.0542 e. The van der Waals surface area contributed by atoms with Gasteiger partial charge in [-0.2, -0.15) is 0 Å². The Bertz CT molecular complexity index is 8090. The van der Waals surface area contributed by atoms with Gasteiger partial charge in [-0.1, -0.05) is 370 Å². The van der Waals surface area contributed by atoms with Crippen molar-refractivity contribution in [2.45, 2.75) is 0 Å². The van der Waals surface area contributed by atoms with Gasteiger partial charge in [-0.25, -0.2) is 0 Å². The zero-order valence-electron chi connectivity index (χ0n) is 68.0. The summed E-state index contributed by atoms with van der Waals surface area (Å²) in [4.78, 5) is 4.87. The van der Waals surface area contributed by atoms with Gasteiger partial charge in [-0.15, -0.1) is 0 Å². The Balaban J connectivity index is 0.000000143. The average Bonchev–Trinajstić information content (AvgIpc) is 1.61. The van der Waals surface area contributed by atoms with Gasteiger partial charge in [0.2, 0.25) is 0 Å². The minimum absolute atomic E-state index is 1.09. The van der Waals surface area contributed by atoms with Crippen LogP contribution in [0.15, 0.2) is 485 Å². The molecule has 2 aromatic heterocycles. The average molecular weight is 1580 g/mol. The van der Waals surface area contributed by atoms with Crippen molar-refractivity contribution in [1.29, 1.82) is 0 Å². The highest BCUT2D eigenvalue weighted by Crippen LogP contribution is 2.51. The maximum absolute atomic E-state index is 2.45. The summed E-state index contributed by atoms with van der Waals surface area (Å²) in [5, 5.41) is 19.8. The summed E-state index contributed by atoms with van der Waals surface area (Å²) in [5.74, 6) is 0. The molecule has 0 aliphatic rings. The molecular formula is C120H80N4. The van der Waals surface area contributed by atoms with E-state index in [1.54, 1.807) is 0 Å². The van der Waals surface area contributed by atoms with Crippen LogP contribution in [-0.2, 0) is 0 Å². The molecule has 24 rings (SSSR count). The second-order valence-corrected chi connectivity index (χ2v) is 32.1. The van der Waals surface area contributed by atoms with E-state index in [1.807, 2.05) is 0 Å². The molecule has 580 valence electrons. The number of para-hydroxylation sites is 5. The summed E-state index contributed by atoms with van der Waals surface area (Å²) in [6, 6.07) is 177. The van der Waals surface area contributed by atoms with Gasteiger partial charge in [-0.05, 0) is 241 Å². The maximum atomic E-state index is 2.45. The fourth-order valence-electron chi connectivity index (χ4n) is 19.7. The topological polar surface area (TPSA) is 16.3 Å². The van der Waals surface area contributed by atoms with Gasteiger partial charge in [-0.3, -0.25) is 0 Å². The Kier molecular flexibility index (Phi) is 18.2. The first-order valence-electron chi connectivity index (χ1n) is 42.7. The second kappa shape index (κ2) is 31.1. The highest BCUT2D eigenvalue weighted by atomic mass is 15.2. The summed E-state index contributed by atoms with van der Waals surface area (Å²) in [6.45, 7) is 0. The summed E-state index contributed by atoms with van der Waals surface area (Å²) >= 11 is 0. The molecule has 0 saturated heterocycles. The number of hydrogen-bond donors (Lipinski definition) is 0. The molecular weight excluding hydrogens is 1500 g/mol. The van der Waals surface area contributed by atoms with E-state index in [1.165, 1.54) is 175 Å². The number of hydrogen-bond acceptors (Lipinski definition) is 2. The molecule has 0 saturated carbocycles. The molecule has 0 atom stereocenters. The molecule has 0 N–H and O–H groups in total. The van der Waals surface area contributed by atoms with Crippen LogP contribution in [0.5, 0.6) is 0 Å². The fourth-order valence-corrected chi connectivity index (χ4v) is 19.7. The van der Waals surface area contributed by atoms with Crippen molar-refractivity contribution in [3.63, 3.8) is 0 Å². The molecule has 0 aliphatic carbocycles. The van der Waals surface area contributed by atoms with Crippen LogP contribution in [0, 0.1) is 0 Å². The van der Waals surface area contributed by atoms with Gasteiger partial charge in [0, 0.05) is 66.9 Å². The first-order valence-corrected chi connectivity index (χ1v) is 42.7. The van der Waals surface area contributed by atoms with Crippen LogP contribution in [0.1, 0.15) is 0 Å². The molecule has 0 spiro atoms. The van der Waals surface area contributed by atoms with Gasteiger partial charge in [0.05, 0.1) is 27.8 Å². The Morgan fingerprint density at radius 3 is 0.871 bits per heavy atom. The van der Waals surface area contributed by atoms with Gasteiger partial charge in [0.25, 0.3) is 0 Å². The number of nitrogens with zero attached hydrogens (tertiary/aromatic N) is 4. The molecule has 4 nitrogen and oxygen atoms in total. The Morgan fingerprint density at radius 1 is 0.145 bits per heavy atom. The first kappa shape index (κ1) is 72.8. The van der Waals surface area contributed by atoms with E-state index < -0.39 is 0 Å². The minimum atomic E-state index is 1.09. The van der Waals surface area contributed by atoms with Crippen molar-refractivity contribution in [2.75, 3.05) is 9.80 Å². The molecule has 4 heteroatoms. The minimum Gasteiger partial charge on any atom is -0.310 e. The van der Waals surface area contributed by atoms with Gasteiger partial charge in [0.15, 0.2) is 0 Å². The summed E-state index contributed by atoms with van der Waals surface area (Å²) in [7, 11) is 0.